The molecule has 0 saturated heterocycles. The third-order valence-electron chi connectivity index (χ3n) is 6.45. The molecule has 0 radical (unpaired) electrons. The van der Waals surface area contributed by atoms with Crippen LogP contribution in [0.2, 0.25) is 0 Å². The zero-order valence-corrected chi connectivity index (χ0v) is 21.2. The number of hydrogen-bond acceptors (Lipinski definition) is 4. The molecule has 0 saturated carbocycles. The highest BCUT2D eigenvalue weighted by atomic mass is 16.5. The molecule has 4 heteroatoms. The minimum absolute atomic E-state index is 0.328. The van der Waals surface area contributed by atoms with Gasteiger partial charge in [-0.25, -0.2) is 9.59 Å². The molecule has 0 spiro atoms. The lowest BCUT2D eigenvalue weighted by molar-refractivity contribution is 0.0489. The summed E-state index contributed by atoms with van der Waals surface area (Å²) in [6.45, 7) is 9.08. The lowest BCUT2D eigenvalue weighted by Crippen LogP contribution is -2.13. The molecule has 0 N–H and O–H groups in total. The number of hydrogen-bond donors (Lipinski definition) is 0. The van der Waals surface area contributed by atoms with Gasteiger partial charge in [-0.1, -0.05) is 88.8 Å². The van der Waals surface area contributed by atoms with Crippen molar-refractivity contribution in [2.45, 2.75) is 79.1 Å². The molecule has 3 rings (SSSR count). The minimum Gasteiger partial charge on any atom is -0.462 e. The first-order valence-corrected chi connectivity index (χ1v) is 12.8. The number of carbonyl (C=O) groups excluding carboxylic acids is 2. The van der Waals surface area contributed by atoms with Crippen molar-refractivity contribution in [2.75, 3.05) is 13.2 Å². The van der Waals surface area contributed by atoms with Crippen LogP contribution in [0.5, 0.6) is 0 Å². The van der Waals surface area contributed by atoms with Gasteiger partial charge in [-0.3, -0.25) is 0 Å². The molecule has 0 fully saturated rings. The Morgan fingerprint density at radius 3 is 1.41 bits per heavy atom. The van der Waals surface area contributed by atoms with E-state index in [4.69, 9.17) is 9.47 Å². The summed E-state index contributed by atoms with van der Waals surface area (Å²) in [5.74, 6) is -0.656. The molecule has 0 aliphatic carbocycles. The summed E-state index contributed by atoms with van der Waals surface area (Å²) < 4.78 is 11.5. The van der Waals surface area contributed by atoms with Crippen molar-refractivity contribution in [2.24, 2.45) is 0 Å². The Bertz CT molecular complexity index is 1050. The van der Waals surface area contributed by atoms with Crippen LogP contribution in [-0.2, 0) is 9.47 Å². The van der Waals surface area contributed by atoms with E-state index in [1.54, 1.807) is 0 Å². The molecule has 34 heavy (non-hydrogen) atoms. The second kappa shape index (κ2) is 12.5. The second-order valence-corrected chi connectivity index (χ2v) is 9.14. The van der Waals surface area contributed by atoms with Crippen molar-refractivity contribution in [3.05, 3.63) is 58.7 Å². The van der Waals surface area contributed by atoms with Gasteiger partial charge >= 0.3 is 11.9 Å². The molecule has 0 aliphatic heterocycles. The molecule has 0 amide bonds. The van der Waals surface area contributed by atoms with Crippen molar-refractivity contribution in [1.29, 1.82) is 0 Å². The van der Waals surface area contributed by atoms with E-state index in [0.29, 0.717) is 24.3 Å². The highest BCUT2D eigenvalue weighted by molar-refractivity contribution is 6.25. The monoisotopic (exact) mass is 462 g/mol. The summed E-state index contributed by atoms with van der Waals surface area (Å²) in [7, 11) is 0. The van der Waals surface area contributed by atoms with Gasteiger partial charge in [-0.05, 0) is 48.6 Å². The highest BCUT2D eigenvalue weighted by Crippen LogP contribution is 2.37. The van der Waals surface area contributed by atoms with Crippen LogP contribution >= 0.6 is 0 Å². The second-order valence-electron chi connectivity index (χ2n) is 9.14. The molecule has 0 atom stereocenters. The predicted octanol–water partition coefficient (Wildman–Crippen LogP) is 8.08. The van der Waals surface area contributed by atoms with Crippen molar-refractivity contribution in [1.82, 2.24) is 0 Å². The molecule has 0 bridgehead atoms. The van der Waals surface area contributed by atoms with Gasteiger partial charge in [-0.2, -0.15) is 0 Å². The van der Waals surface area contributed by atoms with E-state index in [-0.39, 0.29) is 11.9 Å². The van der Waals surface area contributed by atoms with Crippen LogP contribution in [0.1, 0.15) is 97.1 Å². The van der Waals surface area contributed by atoms with Gasteiger partial charge in [0.15, 0.2) is 0 Å². The summed E-state index contributed by atoms with van der Waals surface area (Å²) in [4.78, 5) is 26.8. The van der Waals surface area contributed by atoms with Gasteiger partial charge in [0.05, 0.1) is 24.3 Å². The number of carbonyl (C=O) groups is 2. The maximum Gasteiger partial charge on any atom is 0.339 e. The van der Waals surface area contributed by atoms with Gasteiger partial charge in [0.25, 0.3) is 0 Å². The number of esters is 2. The predicted molar refractivity (Wildman–Crippen MR) is 140 cm³/mol. The Labute approximate surface area is 203 Å². The molecule has 0 unspecified atom stereocenters. The van der Waals surface area contributed by atoms with Gasteiger partial charge in [0.2, 0.25) is 0 Å². The van der Waals surface area contributed by atoms with Crippen LogP contribution in [0.15, 0.2) is 36.4 Å². The average Bonchev–Trinajstić information content (AvgIpc) is 2.82. The average molecular weight is 463 g/mol. The lowest BCUT2D eigenvalue weighted by Gasteiger charge is -2.18. The molecular weight excluding hydrogens is 424 g/mol. The topological polar surface area (TPSA) is 52.6 Å². The smallest absolute Gasteiger partial charge is 0.339 e. The third kappa shape index (κ3) is 5.78. The van der Waals surface area contributed by atoms with E-state index in [1.165, 1.54) is 0 Å². The van der Waals surface area contributed by atoms with Crippen molar-refractivity contribution >= 4 is 33.5 Å². The zero-order chi connectivity index (χ0) is 24.5. The molecule has 0 heterocycles. The van der Waals surface area contributed by atoms with Crippen LogP contribution in [0.4, 0.5) is 0 Å². The molecule has 182 valence electrons. The number of fused-ring (bicyclic) bond motifs is 2. The van der Waals surface area contributed by atoms with E-state index in [0.717, 1.165) is 84.0 Å². The quantitative estimate of drug-likeness (QED) is 0.155. The minimum atomic E-state index is -0.328. The largest absolute Gasteiger partial charge is 0.462 e. The molecule has 0 aromatic heterocycles. The fourth-order valence-corrected chi connectivity index (χ4v) is 4.64. The normalized spacial score (nSPS) is 11.2. The van der Waals surface area contributed by atoms with Crippen LogP contribution in [0.3, 0.4) is 0 Å². The fraction of sp³-hybridized carbons (Fsp3) is 0.467. The van der Waals surface area contributed by atoms with Crippen molar-refractivity contribution in [3.8, 4) is 0 Å². The Kier molecular flexibility index (Phi) is 9.50. The Balaban J connectivity index is 2.08. The van der Waals surface area contributed by atoms with Gasteiger partial charge in [-0.15, -0.1) is 0 Å². The first-order valence-electron chi connectivity index (χ1n) is 12.8. The Hall–Kier alpha value is -2.88. The summed E-state index contributed by atoms with van der Waals surface area (Å²) in [6.07, 6.45) is 8.36. The maximum atomic E-state index is 13.4. The Morgan fingerprint density at radius 2 is 1.03 bits per heavy atom. The first-order chi connectivity index (χ1) is 16.5. The van der Waals surface area contributed by atoms with E-state index < -0.39 is 0 Å². The van der Waals surface area contributed by atoms with Crippen LogP contribution in [0.25, 0.3) is 21.5 Å². The van der Waals surface area contributed by atoms with Crippen LogP contribution in [-0.4, -0.2) is 25.2 Å². The highest BCUT2D eigenvalue weighted by Gasteiger charge is 2.25. The number of rotatable bonds is 12. The van der Waals surface area contributed by atoms with Crippen molar-refractivity contribution in [3.63, 3.8) is 0 Å². The number of aryl methyl sites for hydroxylation is 2. The summed E-state index contributed by atoms with van der Waals surface area (Å²) in [5.41, 5.74) is 2.97. The van der Waals surface area contributed by atoms with Gasteiger partial charge < -0.3 is 9.47 Å². The number of ether oxygens (including phenoxy) is 2. The number of unbranched alkanes of at least 4 members (excludes halogenated alkanes) is 6. The first kappa shape index (κ1) is 25.7. The van der Waals surface area contributed by atoms with Crippen LogP contribution < -0.4 is 0 Å². The molecule has 3 aromatic carbocycles. The third-order valence-corrected chi connectivity index (χ3v) is 6.45. The van der Waals surface area contributed by atoms with Crippen LogP contribution in [0, 0.1) is 13.8 Å². The molecular formula is C30H38O4. The lowest BCUT2D eigenvalue weighted by atomic mass is 9.87. The van der Waals surface area contributed by atoms with E-state index in [1.807, 2.05) is 50.2 Å². The molecule has 4 nitrogen and oxygen atoms in total. The van der Waals surface area contributed by atoms with E-state index in [9.17, 15) is 9.59 Å². The summed E-state index contributed by atoms with van der Waals surface area (Å²) >= 11 is 0. The summed E-state index contributed by atoms with van der Waals surface area (Å²) in [5, 5.41) is 3.05. The molecule has 0 aliphatic rings. The standard InChI is InChI=1S/C30H38O4/c1-5-7-9-11-19-33-29(31)27-23-17-13-16-22(4)26(23)28(24-18-14-15-21(3)25(24)27)30(32)34-20-12-10-8-6-2/h13-18H,5-12,19-20H2,1-4H3. The molecule has 3 aromatic rings. The van der Waals surface area contributed by atoms with E-state index >= 15 is 0 Å². The van der Waals surface area contributed by atoms with E-state index in [2.05, 4.69) is 13.8 Å². The van der Waals surface area contributed by atoms with Crippen molar-refractivity contribution < 1.29 is 19.1 Å². The zero-order valence-electron chi connectivity index (χ0n) is 21.2. The van der Waals surface area contributed by atoms with Gasteiger partial charge in [0.1, 0.15) is 0 Å². The Morgan fingerprint density at radius 1 is 0.618 bits per heavy atom. The SMILES string of the molecule is CCCCCCOC(=O)c1c2cccc(C)c2c(C(=O)OCCCCCC)c2cccc(C)c12. The van der Waals surface area contributed by atoms with Gasteiger partial charge in [0, 0.05) is 10.8 Å². The fourth-order valence-electron chi connectivity index (χ4n) is 4.64. The summed E-state index contributed by atoms with van der Waals surface area (Å²) in [6, 6.07) is 11.6. The number of benzene rings is 3. The maximum absolute atomic E-state index is 13.4.